The number of ether oxygens (including phenoxy) is 1. The highest BCUT2D eigenvalue weighted by Crippen LogP contribution is 2.37. The minimum Gasteiger partial charge on any atom is -0.459 e. The van der Waals surface area contributed by atoms with E-state index < -0.39 is 81.9 Å². The van der Waals surface area contributed by atoms with E-state index in [2.05, 4.69) is 10.1 Å². The van der Waals surface area contributed by atoms with Crippen molar-refractivity contribution in [2.75, 3.05) is 5.32 Å². The average molecular weight is 526 g/mol. The fourth-order valence-electron chi connectivity index (χ4n) is 2.76. The molecule has 188 valence electrons. The lowest BCUT2D eigenvalue weighted by Crippen LogP contribution is -2.36. The van der Waals surface area contributed by atoms with Gasteiger partial charge in [0.15, 0.2) is 23.3 Å². The van der Waals surface area contributed by atoms with Crippen LogP contribution >= 0.6 is 11.6 Å². The van der Waals surface area contributed by atoms with E-state index in [-0.39, 0.29) is 5.69 Å². The van der Waals surface area contributed by atoms with Gasteiger partial charge in [-0.25, -0.2) is 22.4 Å². The van der Waals surface area contributed by atoms with Crippen molar-refractivity contribution in [3.63, 3.8) is 0 Å². The van der Waals surface area contributed by atoms with Crippen LogP contribution in [0.5, 0.6) is 0 Å². The molecule has 0 saturated carbocycles. The number of alkyl halides is 6. The quantitative estimate of drug-likeness (QED) is 0.248. The van der Waals surface area contributed by atoms with Gasteiger partial charge in [-0.1, -0.05) is 25.4 Å². The van der Waals surface area contributed by atoms with Gasteiger partial charge in [0.2, 0.25) is 0 Å². The Morgan fingerprint density at radius 1 is 0.941 bits per heavy atom. The van der Waals surface area contributed by atoms with Crippen molar-refractivity contribution >= 4 is 23.3 Å². The summed E-state index contributed by atoms with van der Waals surface area (Å²) >= 11 is 5.80. The molecule has 0 radical (unpaired) electrons. The van der Waals surface area contributed by atoms with E-state index in [0.29, 0.717) is 12.1 Å². The number of hydrogen-bond donors (Lipinski definition) is 1. The third-order valence-corrected chi connectivity index (χ3v) is 4.84. The van der Waals surface area contributed by atoms with Crippen LogP contribution in [0, 0.1) is 29.2 Å². The highest BCUT2D eigenvalue weighted by atomic mass is 35.5. The average Bonchev–Trinajstić information content (AvgIpc) is 2.69. The molecule has 0 aliphatic carbocycles. The van der Waals surface area contributed by atoms with Crippen LogP contribution in [-0.4, -0.2) is 12.0 Å². The van der Waals surface area contributed by atoms with E-state index in [1.807, 2.05) is 0 Å². The molecule has 2 aromatic rings. The molecule has 14 heteroatoms. The minimum atomic E-state index is -5.74. The van der Waals surface area contributed by atoms with Crippen molar-refractivity contribution in [2.45, 2.75) is 38.8 Å². The van der Waals surface area contributed by atoms with Crippen molar-refractivity contribution in [1.82, 2.24) is 0 Å². The molecule has 0 heterocycles. The first-order valence-electron chi connectivity index (χ1n) is 9.18. The SMILES string of the molecule is CC(C)C(Nc1ccc(C(F)(F)F)cc1Cl)C(=O)OCc1c(F)c(F)c(C(F)(F)F)c(F)c1F. The molecule has 2 rings (SSSR count). The van der Waals surface area contributed by atoms with E-state index in [4.69, 9.17) is 11.6 Å². The lowest BCUT2D eigenvalue weighted by molar-refractivity contribution is -0.148. The van der Waals surface area contributed by atoms with E-state index >= 15 is 0 Å². The van der Waals surface area contributed by atoms with Crippen LogP contribution in [-0.2, 0) is 28.5 Å². The summed E-state index contributed by atoms with van der Waals surface area (Å²) in [5.74, 6) is -12.2. The topological polar surface area (TPSA) is 38.3 Å². The Balaban J connectivity index is 2.27. The van der Waals surface area contributed by atoms with Crippen LogP contribution in [0.3, 0.4) is 0 Å². The number of carbonyl (C=O) groups is 1. The number of benzene rings is 2. The maximum Gasteiger partial charge on any atom is 0.422 e. The zero-order chi connectivity index (χ0) is 26.2. The summed E-state index contributed by atoms with van der Waals surface area (Å²) in [6, 6.07) is 0.762. The van der Waals surface area contributed by atoms with Gasteiger partial charge >= 0.3 is 18.3 Å². The standard InChI is InChI=1S/C20H14ClF10NO2/c1-7(2)17(32-11-4-3-8(5-10(11)21)19(26,27)28)18(33)34-6-9-13(22)15(24)12(20(29,30)31)16(25)14(9)23/h3-5,7,17,32H,6H2,1-2H3. The van der Waals surface area contributed by atoms with Crippen LogP contribution < -0.4 is 5.32 Å². The second-order valence-corrected chi connectivity index (χ2v) is 7.68. The normalized spacial score (nSPS) is 13.2. The molecular formula is C20H14ClF10NO2. The van der Waals surface area contributed by atoms with Crippen LogP contribution in [0.4, 0.5) is 49.6 Å². The molecule has 1 unspecified atom stereocenters. The van der Waals surface area contributed by atoms with Gasteiger partial charge < -0.3 is 10.1 Å². The molecule has 0 spiro atoms. The van der Waals surface area contributed by atoms with Crippen molar-refractivity contribution in [3.8, 4) is 0 Å². The van der Waals surface area contributed by atoms with Crippen LogP contribution in [0.25, 0.3) is 0 Å². The lowest BCUT2D eigenvalue weighted by Gasteiger charge is -2.23. The number of carbonyl (C=O) groups excluding carboxylic acids is 1. The number of anilines is 1. The second-order valence-electron chi connectivity index (χ2n) is 7.27. The van der Waals surface area contributed by atoms with Gasteiger partial charge in [0, 0.05) is 0 Å². The lowest BCUT2D eigenvalue weighted by atomic mass is 10.0. The molecule has 0 saturated heterocycles. The summed E-state index contributed by atoms with van der Waals surface area (Å²) < 4.78 is 136. The third-order valence-electron chi connectivity index (χ3n) is 4.52. The summed E-state index contributed by atoms with van der Waals surface area (Å²) in [5, 5.41) is 2.05. The Kier molecular flexibility index (Phi) is 8.01. The number of rotatable bonds is 6. The van der Waals surface area contributed by atoms with E-state index in [1.54, 1.807) is 0 Å². The van der Waals surface area contributed by atoms with Crippen molar-refractivity contribution in [1.29, 1.82) is 0 Å². The Hall–Kier alpha value is -2.70. The molecule has 3 nitrogen and oxygen atoms in total. The number of nitrogens with one attached hydrogen (secondary N) is 1. The molecule has 0 aromatic heterocycles. The van der Waals surface area contributed by atoms with Gasteiger partial charge in [-0.15, -0.1) is 0 Å². The molecule has 0 bridgehead atoms. The first kappa shape index (κ1) is 27.5. The molecule has 0 amide bonds. The van der Waals surface area contributed by atoms with Gasteiger partial charge in [-0.3, -0.25) is 0 Å². The first-order valence-corrected chi connectivity index (χ1v) is 9.56. The summed E-state index contributed by atoms with van der Waals surface area (Å²) in [4.78, 5) is 12.4. The predicted molar refractivity (Wildman–Crippen MR) is 99.8 cm³/mol. The van der Waals surface area contributed by atoms with Gasteiger partial charge in [0.25, 0.3) is 0 Å². The Labute approximate surface area is 190 Å². The zero-order valence-electron chi connectivity index (χ0n) is 17.1. The summed E-state index contributed by atoms with van der Waals surface area (Å²) in [6.07, 6.45) is -10.4. The highest BCUT2D eigenvalue weighted by Gasteiger charge is 2.42. The summed E-state index contributed by atoms with van der Waals surface area (Å²) in [5.41, 5.74) is -5.61. The van der Waals surface area contributed by atoms with Crippen molar-refractivity contribution in [2.24, 2.45) is 5.92 Å². The third kappa shape index (κ3) is 5.86. The van der Waals surface area contributed by atoms with Crippen molar-refractivity contribution < 1.29 is 53.4 Å². The zero-order valence-corrected chi connectivity index (χ0v) is 17.8. The number of hydrogen-bond acceptors (Lipinski definition) is 3. The van der Waals surface area contributed by atoms with Crippen LogP contribution in [0.1, 0.15) is 30.5 Å². The van der Waals surface area contributed by atoms with Crippen LogP contribution in [0.15, 0.2) is 18.2 Å². The minimum absolute atomic E-state index is 0.144. The molecule has 0 aliphatic heterocycles. The summed E-state index contributed by atoms with van der Waals surface area (Å²) in [6.45, 7) is 1.40. The second kappa shape index (κ2) is 9.88. The molecule has 34 heavy (non-hydrogen) atoms. The summed E-state index contributed by atoms with van der Waals surface area (Å²) in [7, 11) is 0. The largest absolute Gasteiger partial charge is 0.459 e. The predicted octanol–water partition coefficient (Wildman–Crippen LogP) is 7.11. The maximum absolute atomic E-state index is 14.0. The monoisotopic (exact) mass is 525 g/mol. The Morgan fingerprint density at radius 2 is 1.47 bits per heavy atom. The highest BCUT2D eigenvalue weighted by molar-refractivity contribution is 6.33. The maximum atomic E-state index is 14.0. The van der Waals surface area contributed by atoms with E-state index in [0.717, 1.165) is 6.07 Å². The van der Waals surface area contributed by atoms with E-state index in [1.165, 1.54) is 13.8 Å². The molecule has 1 atom stereocenters. The smallest absolute Gasteiger partial charge is 0.422 e. The van der Waals surface area contributed by atoms with Gasteiger partial charge in [-0.05, 0) is 24.1 Å². The number of halogens is 11. The molecule has 1 N–H and O–H groups in total. The van der Waals surface area contributed by atoms with Crippen molar-refractivity contribution in [3.05, 3.63) is 63.2 Å². The molecule has 2 aromatic carbocycles. The van der Waals surface area contributed by atoms with Crippen LogP contribution in [0.2, 0.25) is 5.02 Å². The fourth-order valence-corrected chi connectivity index (χ4v) is 2.99. The molecule has 0 aliphatic rings. The van der Waals surface area contributed by atoms with Gasteiger partial charge in [-0.2, -0.15) is 26.3 Å². The Bertz CT molecular complexity index is 1050. The molecular weight excluding hydrogens is 512 g/mol. The Morgan fingerprint density at radius 3 is 1.88 bits per heavy atom. The molecule has 0 fully saturated rings. The van der Waals surface area contributed by atoms with E-state index in [9.17, 15) is 48.7 Å². The number of esters is 1. The fraction of sp³-hybridized carbons (Fsp3) is 0.350. The van der Waals surface area contributed by atoms with Gasteiger partial charge in [0.1, 0.15) is 18.2 Å². The first-order chi connectivity index (χ1) is 15.5. The van der Waals surface area contributed by atoms with Gasteiger partial charge in [0.05, 0.1) is 21.8 Å².